The maximum atomic E-state index is 11.8. The average molecular weight is 256 g/mol. The number of carbonyl (C=O) groups excluding carboxylic acids is 1. The molecule has 0 N–H and O–H groups in total. The Labute approximate surface area is 112 Å². The number of methoxy groups -OCH3 is 1. The maximum absolute atomic E-state index is 11.8. The summed E-state index contributed by atoms with van der Waals surface area (Å²) in [5, 5.41) is 0. The second-order valence-electron chi connectivity index (χ2n) is 4.74. The number of benzene rings is 1. The third kappa shape index (κ3) is 2.03. The molecule has 3 rings (SSSR count). The Morgan fingerprint density at radius 1 is 1.37 bits per heavy atom. The SMILES string of the molecule is COC(=O)C1CCCn2c1cnc2-c1ccccc1. The fourth-order valence-electron chi connectivity index (χ4n) is 2.70. The first-order valence-corrected chi connectivity index (χ1v) is 6.50. The number of ether oxygens (including phenoxy) is 1. The molecule has 4 heteroatoms. The van der Waals surface area contributed by atoms with Crippen molar-refractivity contribution in [1.82, 2.24) is 9.55 Å². The van der Waals surface area contributed by atoms with Crippen molar-refractivity contribution in [2.45, 2.75) is 25.3 Å². The molecule has 0 bridgehead atoms. The Morgan fingerprint density at radius 2 is 2.16 bits per heavy atom. The summed E-state index contributed by atoms with van der Waals surface area (Å²) in [4.78, 5) is 16.3. The molecule has 1 aliphatic rings. The van der Waals surface area contributed by atoms with Crippen LogP contribution in [0.5, 0.6) is 0 Å². The van der Waals surface area contributed by atoms with E-state index in [4.69, 9.17) is 4.74 Å². The highest BCUT2D eigenvalue weighted by molar-refractivity contribution is 5.78. The highest BCUT2D eigenvalue weighted by Crippen LogP contribution is 2.32. The molecule has 1 unspecified atom stereocenters. The molecule has 2 aromatic rings. The molecule has 0 saturated heterocycles. The van der Waals surface area contributed by atoms with Crippen molar-refractivity contribution < 1.29 is 9.53 Å². The number of nitrogens with zero attached hydrogens (tertiary/aromatic N) is 2. The lowest BCUT2D eigenvalue weighted by atomic mass is 9.96. The van der Waals surface area contributed by atoms with E-state index in [-0.39, 0.29) is 11.9 Å². The molecule has 19 heavy (non-hydrogen) atoms. The molecular formula is C15H16N2O2. The third-order valence-electron chi connectivity index (χ3n) is 3.64. The van der Waals surface area contributed by atoms with Gasteiger partial charge < -0.3 is 9.30 Å². The quantitative estimate of drug-likeness (QED) is 0.776. The van der Waals surface area contributed by atoms with Gasteiger partial charge in [-0.2, -0.15) is 0 Å². The lowest BCUT2D eigenvalue weighted by molar-refractivity contribution is -0.143. The van der Waals surface area contributed by atoms with Crippen LogP contribution < -0.4 is 0 Å². The van der Waals surface area contributed by atoms with Crippen LogP contribution in [-0.2, 0) is 16.1 Å². The summed E-state index contributed by atoms with van der Waals surface area (Å²) in [7, 11) is 1.44. The maximum Gasteiger partial charge on any atom is 0.314 e. The molecule has 4 nitrogen and oxygen atoms in total. The van der Waals surface area contributed by atoms with Crippen LogP contribution in [0.4, 0.5) is 0 Å². The smallest absolute Gasteiger partial charge is 0.314 e. The van der Waals surface area contributed by atoms with Crippen LogP contribution in [0.3, 0.4) is 0 Å². The topological polar surface area (TPSA) is 44.1 Å². The molecule has 0 radical (unpaired) electrons. The summed E-state index contributed by atoms with van der Waals surface area (Å²) >= 11 is 0. The van der Waals surface area contributed by atoms with Gasteiger partial charge in [0.25, 0.3) is 0 Å². The molecule has 1 aromatic carbocycles. The van der Waals surface area contributed by atoms with Gasteiger partial charge in [-0.3, -0.25) is 4.79 Å². The number of rotatable bonds is 2. The lowest BCUT2D eigenvalue weighted by Gasteiger charge is -2.23. The van der Waals surface area contributed by atoms with E-state index in [0.29, 0.717) is 0 Å². The lowest BCUT2D eigenvalue weighted by Crippen LogP contribution is -2.23. The van der Waals surface area contributed by atoms with Crippen molar-refractivity contribution in [3.05, 3.63) is 42.2 Å². The predicted octanol–water partition coefficient (Wildman–Crippen LogP) is 2.60. The Bertz CT molecular complexity index is 589. The highest BCUT2D eigenvalue weighted by atomic mass is 16.5. The van der Waals surface area contributed by atoms with Crippen LogP contribution in [-0.4, -0.2) is 22.6 Å². The minimum absolute atomic E-state index is 0.166. The molecular weight excluding hydrogens is 240 g/mol. The summed E-state index contributed by atoms with van der Waals surface area (Å²) in [6, 6.07) is 10.1. The summed E-state index contributed by atoms with van der Waals surface area (Å²) in [5.41, 5.74) is 2.05. The van der Waals surface area contributed by atoms with Crippen molar-refractivity contribution >= 4 is 5.97 Å². The number of aromatic nitrogens is 2. The molecule has 1 aliphatic heterocycles. The van der Waals surface area contributed by atoms with Gasteiger partial charge in [0.15, 0.2) is 0 Å². The van der Waals surface area contributed by atoms with E-state index in [9.17, 15) is 4.79 Å². The van der Waals surface area contributed by atoms with Crippen LogP contribution in [0.2, 0.25) is 0 Å². The van der Waals surface area contributed by atoms with Gasteiger partial charge in [0.2, 0.25) is 0 Å². The molecule has 0 spiro atoms. The molecule has 98 valence electrons. The fourth-order valence-corrected chi connectivity index (χ4v) is 2.70. The first-order chi connectivity index (χ1) is 9.31. The zero-order valence-corrected chi connectivity index (χ0v) is 10.9. The van der Waals surface area contributed by atoms with Crippen molar-refractivity contribution in [1.29, 1.82) is 0 Å². The van der Waals surface area contributed by atoms with E-state index >= 15 is 0 Å². The molecule has 0 amide bonds. The van der Waals surface area contributed by atoms with Crippen molar-refractivity contribution in [2.75, 3.05) is 7.11 Å². The Morgan fingerprint density at radius 3 is 2.89 bits per heavy atom. The Kier molecular flexibility index (Phi) is 3.07. The van der Waals surface area contributed by atoms with Crippen LogP contribution in [0.25, 0.3) is 11.4 Å². The largest absolute Gasteiger partial charge is 0.469 e. The number of hydrogen-bond donors (Lipinski definition) is 0. The van der Waals surface area contributed by atoms with Gasteiger partial charge in [-0.25, -0.2) is 4.98 Å². The van der Waals surface area contributed by atoms with E-state index < -0.39 is 0 Å². The van der Waals surface area contributed by atoms with Crippen LogP contribution in [0.1, 0.15) is 24.5 Å². The van der Waals surface area contributed by atoms with E-state index in [1.807, 2.05) is 36.5 Å². The van der Waals surface area contributed by atoms with Gasteiger partial charge in [-0.15, -0.1) is 0 Å². The molecule has 2 heterocycles. The fraction of sp³-hybridized carbons (Fsp3) is 0.333. The van der Waals surface area contributed by atoms with Gasteiger partial charge in [-0.05, 0) is 12.8 Å². The molecule has 0 fully saturated rings. The summed E-state index contributed by atoms with van der Waals surface area (Å²) in [5.74, 6) is 0.591. The number of carbonyl (C=O) groups is 1. The minimum Gasteiger partial charge on any atom is -0.469 e. The minimum atomic E-state index is -0.177. The van der Waals surface area contributed by atoms with Gasteiger partial charge in [0, 0.05) is 18.3 Å². The second kappa shape index (κ2) is 4.88. The van der Waals surface area contributed by atoms with Crippen molar-refractivity contribution in [2.24, 2.45) is 0 Å². The molecule has 1 aromatic heterocycles. The number of esters is 1. The average Bonchev–Trinajstić information content (AvgIpc) is 2.91. The second-order valence-corrected chi connectivity index (χ2v) is 4.74. The monoisotopic (exact) mass is 256 g/mol. The van der Waals surface area contributed by atoms with E-state index in [1.165, 1.54) is 7.11 Å². The predicted molar refractivity (Wildman–Crippen MR) is 71.7 cm³/mol. The molecule has 0 aliphatic carbocycles. The number of hydrogen-bond acceptors (Lipinski definition) is 3. The third-order valence-corrected chi connectivity index (χ3v) is 3.64. The first kappa shape index (κ1) is 12.0. The molecule has 1 atom stereocenters. The zero-order chi connectivity index (χ0) is 13.2. The van der Waals surface area contributed by atoms with E-state index in [2.05, 4.69) is 9.55 Å². The summed E-state index contributed by atoms with van der Waals surface area (Å²) < 4.78 is 7.02. The zero-order valence-electron chi connectivity index (χ0n) is 10.9. The van der Waals surface area contributed by atoms with Gasteiger partial charge in [0.1, 0.15) is 5.82 Å². The van der Waals surface area contributed by atoms with Crippen LogP contribution in [0.15, 0.2) is 36.5 Å². The standard InChI is InChI=1S/C15H16N2O2/c1-19-15(18)12-8-5-9-17-13(12)10-16-14(17)11-6-3-2-4-7-11/h2-4,6-7,10,12H,5,8-9H2,1H3. The highest BCUT2D eigenvalue weighted by Gasteiger charge is 2.29. The Hall–Kier alpha value is -2.10. The van der Waals surface area contributed by atoms with Gasteiger partial charge in [0.05, 0.1) is 18.7 Å². The summed E-state index contributed by atoms with van der Waals surface area (Å²) in [6.07, 6.45) is 3.62. The normalized spacial score (nSPS) is 17.8. The van der Waals surface area contributed by atoms with Crippen LogP contribution in [0, 0.1) is 0 Å². The van der Waals surface area contributed by atoms with Gasteiger partial charge >= 0.3 is 5.97 Å². The van der Waals surface area contributed by atoms with E-state index in [1.54, 1.807) is 0 Å². The number of imidazole rings is 1. The van der Waals surface area contributed by atoms with Crippen LogP contribution >= 0.6 is 0 Å². The Balaban J connectivity index is 2.03. The summed E-state index contributed by atoms with van der Waals surface area (Å²) in [6.45, 7) is 0.910. The first-order valence-electron chi connectivity index (χ1n) is 6.50. The van der Waals surface area contributed by atoms with Crippen molar-refractivity contribution in [3.8, 4) is 11.4 Å². The van der Waals surface area contributed by atoms with Crippen molar-refractivity contribution in [3.63, 3.8) is 0 Å². The molecule has 0 saturated carbocycles. The van der Waals surface area contributed by atoms with Gasteiger partial charge in [-0.1, -0.05) is 30.3 Å². The number of fused-ring (bicyclic) bond motifs is 1. The van der Waals surface area contributed by atoms with E-state index in [0.717, 1.165) is 36.5 Å².